The largest absolute Gasteiger partial charge is 0.345 e. The second-order valence-electron chi connectivity index (χ2n) is 6.32. The number of nitrogens with one attached hydrogen (secondary N) is 1. The van der Waals surface area contributed by atoms with E-state index in [1.807, 2.05) is 43.3 Å². The molecule has 0 fully saturated rings. The van der Waals surface area contributed by atoms with Crippen LogP contribution in [0.2, 0.25) is 0 Å². The van der Waals surface area contributed by atoms with Gasteiger partial charge in [0.15, 0.2) is 0 Å². The van der Waals surface area contributed by atoms with Crippen LogP contribution in [0.25, 0.3) is 6.08 Å². The van der Waals surface area contributed by atoms with Crippen molar-refractivity contribution in [3.8, 4) is 6.07 Å². The monoisotopic (exact) mass is 350 g/mol. The molecule has 1 N–H and O–H groups in total. The molecule has 0 aromatic heterocycles. The van der Waals surface area contributed by atoms with Crippen molar-refractivity contribution in [3.05, 3.63) is 76.1 Å². The Labute approximate surface area is 154 Å². The molecule has 0 spiro atoms. The zero-order valence-electron chi connectivity index (χ0n) is 15.3. The van der Waals surface area contributed by atoms with Gasteiger partial charge in [-0.3, -0.25) is 4.79 Å². The first kappa shape index (κ1) is 19.4. The fraction of sp³-hybridized carbons (Fsp3) is 0.273. The van der Waals surface area contributed by atoms with Gasteiger partial charge in [0.05, 0.1) is 6.04 Å². The number of aryl methyl sites for hydroxylation is 2. The second kappa shape index (κ2) is 8.96. The summed E-state index contributed by atoms with van der Waals surface area (Å²) < 4.78 is 14.4. The minimum absolute atomic E-state index is 0.102. The Hall–Kier alpha value is -2.93. The standard InChI is InChI=1S/C22H23FN2O/c1-4-8-20(17-9-6-5-7-10-17)25-22(26)18(14-24)13-19-15(2)11-12-16(3)21(19)23/h5-7,9-13,20H,4,8H2,1-3H3,(H,25,26)/b18-13+/t20-/m0/s1. The molecule has 2 rings (SSSR count). The lowest BCUT2D eigenvalue weighted by Gasteiger charge is -2.18. The molecule has 0 aliphatic rings. The predicted molar refractivity (Wildman–Crippen MR) is 102 cm³/mol. The third kappa shape index (κ3) is 4.58. The van der Waals surface area contributed by atoms with E-state index < -0.39 is 11.7 Å². The van der Waals surface area contributed by atoms with E-state index >= 15 is 0 Å². The molecule has 3 nitrogen and oxygen atoms in total. The molecule has 2 aromatic carbocycles. The summed E-state index contributed by atoms with van der Waals surface area (Å²) in [6, 6.07) is 14.8. The number of hydrogen-bond donors (Lipinski definition) is 1. The molecule has 0 heterocycles. The lowest BCUT2D eigenvalue weighted by atomic mass is 10.00. The van der Waals surface area contributed by atoms with E-state index in [4.69, 9.17) is 0 Å². The number of halogens is 1. The zero-order valence-corrected chi connectivity index (χ0v) is 15.3. The maximum atomic E-state index is 14.4. The van der Waals surface area contributed by atoms with E-state index in [1.165, 1.54) is 6.08 Å². The molecule has 2 aromatic rings. The fourth-order valence-electron chi connectivity index (χ4n) is 2.80. The van der Waals surface area contributed by atoms with Gasteiger partial charge in [-0.25, -0.2) is 4.39 Å². The number of benzene rings is 2. The average molecular weight is 350 g/mol. The third-order valence-corrected chi connectivity index (χ3v) is 4.33. The molecule has 1 amide bonds. The van der Waals surface area contributed by atoms with Crippen LogP contribution in [-0.4, -0.2) is 5.91 Å². The van der Waals surface area contributed by atoms with Gasteiger partial charge < -0.3 is 5.32 Å². The smallest absolute Gasteiger partial charge is 0.262 e. The lowest BCUT2D eigenvalue weighted by molar-refractivity contribution is -0.117. The molecule has 26 heavy (non-hydrogen) atoms. The molecule has 0 bridgehead atoms. The number of rotatable bonds is 6. The highest BCUT2D eigenvalue weighted by Crippen LogP contribution is 2.22. The summed E-state index contributed by atoms with van der Waals surface area (Å²) in [4.78, 5) is 12.6. The molecular weight excluding hydrogens is 327 g/mol. The first-order valence-corrected chi connectivity index (χ1v) is 8.71. The Balaban J connectivity index is 2.31. The molecule has 0 unspecified atom stereocenters. The molecule has 1 atom stereocenters. The van der Waals surface area contributed by atoms with Gasteiger partial charge in [0, 0.05) is 5.56 Å². The number of carbonyl (C=O) groups excluding carboxylic acids is 1. The van der Waals surface area contributed by atoms with Gasteiger partial charge in [-0.05, 0) is 43.0 Å². The summed E-state index contributed by atoms with van der Waals surface area (Å²) in [7, 11) is 0. The molecule has 0 aliphatic heterocycles. The quantitative estimate of drug-likeness (QED) is 0.588. The van der Waals surface area contributed by atoms with E-state index in [2.05, 4.69) is 5.32 Å². The first-order valence-electron chi connectivity index (χ1n) is 8.71. The summed E-state index contributed by atoms with van der Waals surface area (Å²) in [6.45, 7) is 5.45. The number of hydrogen-bond acceptors (Lipinski definition) is 2. The minimum Gasteiger partial charge on any atom is -0.345 e. The number of nitrogens with zero attached hydrogens (tertiary/aromatic N) is 1. The average Bonchev–Trinajstić information content (AvgIpc) is 2.65. The summed E-state index contributed by atoms with van der Waals surface area (Å²) in [5.41, 5.74) is 2.32. The van der Waals surface area contributed by atoms with E-state index in [0.29, 0.717) is 11.1 Å². The highest BCUT2D eigenvalue weighted by Gasteiger charge is 2.18. The van der Waals surface area contributed by atoms with Crippen molar-refractivity contribution in [2.75, 3.05) is 0 Å². The fourth-order valence-corrected chi connectivity index (χ4v) is 2.80. The minimum atomic E-state index is -0.491. The van der Waals surface area contributed by atoms with Crippen molar-refractivity contribution in [3.63, 3.8) is 0 Å². The number of amides is 1. The van der Waals surface area contributed by atoms with Crippen LogP contribution in [0.5, 0.6) is 0 Å². The summed E-state index contributed by atoms with van der Waals surface area (Å²) in [5.74, 6) is -0.895. The Bertz CT molecular complexity index is 850. The van der Waals surface area contributed by atoms with Crippen LogP contribution in [0.1, 0.15) is 48.1 Å². The van der Waals surface area contributed by atoms with Crippen LogP contribution in [0.4, 0.5) is 4.39 Å². The van der Waals surface area contributed by atoms with Crippen LogP contribution in [0.15, 0.2) is 48.0 Å². The Kier molecular flexibility index (Phi) is 6.68. The Morgan fingerprint density at radius 2 is 1.85 bits per heavy atom. The highest BCUT2D eigenvalue weighted by atomic mass is 19.1. The predicted octanol–water partition coefficient (Wildman–Crippen LogP) is 5.01. The van der Waals surface area contributed by atoms with Gasteiger partial charge in [0.1, 0.15) is 17.5 Å². The van der Waals surface area contributed by atoms with Crippen LogP contribution < -0.4 is 5.32 Å². The maximum absolute atomic E-state index is 14.4. The van der Waals surface area contributed by atoms with E-state index in [1.54, 1.807) is 26.0 Å². The highest BCUT2D eigenvalue weighted by molar-refractivity contribution is 6.02. The number of carbonyl (C=O) groups is 1. The van der Waals surface area contributed by atoms with Crippen LogP contribution in [0.3, 0.4) is 0 Å². The molecule has 0 saturated carbocycles. The normalized spacial score (nSPS) is 12.3. The van der Waals surface area contributed by atoms with Crippen molar-refractivity contribution < 1.29 is 9.18 Å². The van der Waals surface area contributed by atoms with Crippen LogP contribution in [-0.2, 0) is 4.79 Å². The van der Waals surface area contributed by atoms with Gasteiger partial charge in [0.2, 0.25) is 0 Å². The molecule has 0 saturated heterocycles. The molecule has 0 aliphatic carbocycles. The van der Waals surface area contributed by atoms with Crippen molar-refractivity contribution >= 4 is 12.0 Å². The van der Waals surface area contributed by atoms with Crippen molar-refractivity contribution in [1.82, 2.24) is 5.32 Å². The molecule has 134 valence electrons. The molecule has 4 heteroatoms. The number of nitriles is 1. The van der Waals surface area contributed by atoms with Crippen molar-refractivity contribution in [1.29, 1.82) is 5.26 Å². The lowest BCUT2D eigenvalue weighted by Crippen LogP contribution is -2.29. The van der Waals surface area contributed by atoms with E-state index in [0.717, 1.165) is 18.4 Å². The SMILES string of the molecule is CCC[C@H](NC(=O)/C(C#N)=C/c1c(C)ccc(C)c1F)c1ccccc1. The topological polar surface area (TPSA) is 52.9 Å². The summed E-state index contributed by atoms with van der Waals surface area (Å²) >= 11 is 0. The maximum Gasteiger partial charge on any atom is 0.262 e. The van der Waals surface area contributed by atoms with Gasteiger partial charge in [-0.2, -0.15) is 5.26 Å². The van der Waals surface area contributed by atoms with E-state index in [9.17, 15) is 14.4 Å². The third-order valence-electron chi connectivity index (χ3n) is 4.33. The van der Waals surface area contributed by atoms with Crippen molar-refractivity contribution in [2.45, 2.75) is 39.7 Å². The van der Waals surface area contributed by atoms with E-state index in [-0.39, 0.29) is 17.2 Å². The molecular formula is C22H23FN2O. The van der Waals surface area contributed by atoms with Gasteiger partial charge in [-0.15, -0.1) is 0 Å². The first-order chi connectivity index (χ1) is 12.5. The van der Waals surface area contributed by atoms with Gasteiger partial charge in [0.25, 0.3) is 5.91 Å². The Morgan fingerprint density at radius 1 is 1.19 bits per heavy atom. The Morgan fingerprint density at radius 3 is 2.46 bits per heavy atom. The van der Waals surface area contributed by atoms with Crippen LogP contribution in [0, 0.1) is 31.0 Å². The van der Waals surface area contributed by atoms with Gasteiger partial charge >= 0.3 is 0 Å². The zero-order chi connectivity index (χ0) is 19.1. The van der Waals surface area contributed by atoms with Crippen LogP contribution >= 0.6 is 0 Å². The summed E-state index contributed by atoms with van der Waals surface area (Å²) in [6.07, 6.45) is 2.98. The van der Waals surface area contributed by atoms with Gasteiger partial charge in [-0.1, -0.05) is 55.8 Å². The summed E-state index contributed by atoms with van der Waals surface area (Å²) in [5, 5.41) is 12.3. The van der Waals surface area contributed by atoms with Crippen molar-refractivity contribution in [2.24, 2.45) is 0 Å². The molecule has 0 radical (unpaired) electrons. The second-order valence-corrected chi connectivity index (χ2v) is 6.32.